The fourth-order valence-electron chi connectivity index (χ4n) is 2.81. The molecule has 2 aromatic carbocycles. The highest BCUT2D eigenvalue weighted by atomic mass is 32.1. The van der Waals surface area contributed by atoms with E-state index in [9.17, 15) is 20.2 Å². The first-order chi connectivity index (χ1) is 14.6. The van der Waals surface area contributed by atoms with Crippen LogP contribution in [0.1, 0.15) is 5.01 Å². The second kappa shape index (κ2) is 7.98. The zero-order valence-corrected chi connectivity index (χ0v) is 16.1. The van der Waals surface area contributed by atoms with Crippen molar-refractivity contribution in [2.75, 3.05) is 5.32 Å². The molecule has 0 aliphatic carbocycles. The number of nitrogens with zero attached hydrogens (tertiary/aromatic N) is 3. The molecule has 146 valence electrons. The average Bonchev–Trinajstić information content (AvgIpc) is 3.23. The van der Waals surface area contributed by atoms with Gasteiger partial charge in [0, 0.05) is 23.0 Å². The number of anilines is 1. The van der Waals surface area contributed by atoms with E-state index in [1.54, 1.807) is 35.7 Å². The number of fused-ring (bicyclic) bond motifs is 1. The molecule has 0 saturated heterocycles. The first-order valence-electron chi connectivity index (χ1n) is 8.66. The van der Waals surface area contributed by atoms with Crippen LogP contribution < -0.4 is 10.9 Å². The number of allylic oxidation sites excluding steroid dienone is 1. The van der Waals surface area contributed by atoms with Crippen molar-refractivity contribution < 1.29 is 9.34 Å². The predicted octanol–water partition coefficient (Wildman–Crippen LogP) is 4.80. The molecule has 0 aliphatic rings. The van der Waals surface area contributed by atoms with Crippen molar-refractivity contribution in [3.63, 3.8) is 0 Å². The number of rotatable bonds is 5. The summed E-state index contributed by atoms with van der Waals surface area (Å²) < 4.78 is 5.34. The van der Waals surface area contributed by atoms with E-state index in [-0.39, 0.29) is 16.9 Å². The van der Waals surface area contributed by atoms with Gasteiger partial charge in [0.15, 0.2) is 0 Å². The smallest absolute Gasteiger partial charge is 0.345 e. The summed E-state index contributed by atoms with van der Waals surface area (Å²) in [4.78, 5) is 27.3. The minimum absolute atomic E-state index is 0.111. The molecule has 4 rings (SSSR count). The lowest BCUT2D eigenvalue weighted by molar-refractivity contribution is -0.383. The van der Waals surface area contributed by atoms with Crippen LogP contribution in [0, 0.1) is 21.4 Å². The Bertz CT molecular complexity index is 1400. The van der Waals surface area contributed by atoms with Crippen LogP contribution in [-0.2, 0) is 0 Å². The molecule has 9 heteroatoms. The van der Waals surface area contributed by atoms with Crippen LogP contribution >= 0.6 is 11.3 Å². The Labute approximate surface area is 173 Å². The second-order valence-electron chi connectivity index (χ2n) is 6.11. The lowest BCUT2D eigenvalue weighted by atomic mass is 10.1. The minimum atomic E-state index is -0.522. The molecule has 0 fully saturated rings. The number of nitriles is 1. The highest BCUT2D eigenvalue weighted by Gasteiger charge is 2.15. The Morgan fingerprint density at radius 2 is 2.00 bits per heavy atom. The fraction of sp³-hybridized carbons (Fsp3) is 0. The zero-order chi connectivity index (χ0) is 21.1. The third-order valence-electron chi connectivity index (χ3n) is 4.25. The summed E-state index contributed by atoms with van der Waals surface area (Å²) in [5.74, 6) is 0. The van der Waals surface area contributed by atoms with Crippen LogP contribution in [0.15, 0.2) is 75.4 Å². The maximum Gasteiger partial charge on any atom is 0.345 e. The third kappa shape index (κ3) is 3.67. The Balaban J connectivity index is 1.67. The van der Waals surface area contributed by atoms with Crippen LogP contribution in [0.3, 0.4) is 0 Å². The Kier molecular flexibility index (Phi) is 5.07. The summed E-state index contributed by atoms with van der Waals surface area (Å²) in [6.45, 7) is 0. The van der Waals surface area contributed by atoms with Crippen molar-refractivity contribution in [3.05, 3.63) is 91.7 Å². The molecule has 0 atom stereocenters. The van der Waals surface area contributed by atoms with Gasteiger partial charge in [-0.3, -0.25) is 10.1 Å². The number of thiazole rings is 1. The molecule has 8 nitrogen and oxygen atoms in total. The summed E-state index contributed by atoms with van der Waals surface area (Å²) in [7, 11) is 0. The lowest BCUT2D eigenvalue weighted by Crippen LogP contribution is -2.03. The van der Waals surface area contributed by atoms with Gasteiger partial charge in [-0.2, -0.15) is 5.26 Å². The van der Waals surface area contributed by atoms with Crippen LogP contribution in [0.25, 0.3) is 27.8 Å². The number of para-hydroxylation sites is 3. The molecular formula is C21H12N4O4S. The monoisotopic (exact) mass is 416 g/mol. The fourth-order valence-corrected chi connectivity index (χ4v) is 3.59. The van der Waals surface area contributed by atoms with E-state index in [0.29, 0.717) is 21.8 Å². The number of hydrogen-bond acceptors (Lipinski definition) is 8. The van der Waals surface area contributed by atoms with Gasteiger partial charge in [-0.05, 0) is 18.2 Å². The number of nitro benzene ring substituents is 1. The molecule has 30 heavy (non-hydrogen) atoms. The Hall–Kier alpha value is -4.29. The van der Waals surface area contributed by atoms with Gasteiger partial charge < -0.3 is 9.73 Å². The summed E-state index contributed by atoms with van der Waals surface area (Å²) >= 11 is 1.18. The van der Waals surface area contributed by atoms with Crippen LogP contribution in [-0.4, -0.2) is 9.91 Å². The van der Waals surface area contributed by atoms with Gasteiger partial charge in [0.05, 0.1) is 16.2 Å². The van der Waals surface area contributed by atoms with E-state index in [4.69, 9.17) is 4.42 Å². The van der Waals surface area contributed by atoms with Crippen LogP contribution in [0.5, 0.6) is 0 Å². The zero-order valence-electron chi connectivity index (χ0n) is 15.2. The van der Waals surface area contributed by atoms with Gasteiger partial charge in [0.1, 0.15) is 27.9 Å². The van der Waals surface area contributed by atoms with Gasteiger partial charge in [-0.1, -0.05) is 30.3 Å². The van der Waals surface area contributed by atoms with Gasteiger partial charge >= 0.3 is 5.63 Å². The maximum absolute atomic E-state index is 12.3. The molecule has 0 aliphatic heterocycles. The molecule has 0 unspecified atom stereocenters. The molecule has 0 radical (unpaired) electrons. The number of benzene rings is 2. The third-order valence-corrected chi connectivity index (χ3v) is 5.12. The molecule has 1 N–H and O–H groups in total. The molecule has 2 aromatic heterocycles. The molecule has 0 amide bonds. The number of aromatic nitrogens is 1. The molecule has 0 bridgehead atoms. The SMILES string of the molecule is N#CC(=CNc1ccccc1[N+](=O)[O-])c1nc(-c2cc3ccccc3oc2=O)cs1. The largest absolute Gasteiger partial charge is 0.422 e. The highest BCUT2D eigenvalue weighted by Crippen LogP contribution is 2.28. The van der Waals surface area contributed by atoms with Crippen molar-refractivity contribution >= 4 is 39.3 Å². The van der Waals surface area contributed by atoms with E-state index in [0.717, 1.165) is 5.39 Å². The Morgan fingerprint density at radius 1 is 1.23 bits per heavy atom. The van der Waals surface area contributed by atoms with Crippen molar-refractivity contribution in [1.82, 2.24) is 4.98 Å². The number of hydrogen-bond donors (Lipinski definition) is 1. The highest BCUT2D eigenvalue weighted by molar-refractivity contribution is 7.11. The average molecular weight is 416 g/mol. The summed E-state index contributed by atoms with van der Waals surface area (Å²) in [6.07, 6.45) is 1.35. The van der Waals surface area contributed by atoms with E-state index in [1.165, 1.54) is 29.7 Å². The summed E-state index contributed by atoms with van der Waals surface area (Å²) in [6, 6.07) is 17.0. The van der Waals surface area contributed by atoms with Gasteiger partial charge in [0.2, 0.25) is 0 Å². The second-order valence-corrected chi connectivity index (χ2v) is 6.97. The van der Waals surface area contributed by atoms with E-state index < -0.39 is 10.5 Å². The lowest BCUT2D eigenvalue weighted by Gasteiger charge is -2.02. The minimum Gasteiger partial charge on any atom is -0.422 e. The van der Waals surface area contributed by atoms with Crippen molar-refractivity contribution in [1.29, 1.82) is 5.26 Å². The molecule has 2 heterocycles. The number of nitro groups is 1. The van der Waals surface area contributed by atoms with Gasteiger partial charge in [-0.15, -0.1) is 11.3 Å². The Morgan fingerprint density at radius 3 is 2.80 bits per heavy atom. The molecule has 4 aromatic rings. The number of nitrogens with one attached hydrogen (secondary N) is 1. The van der Waals surface area contributed by atoms with Crippen molar-refractivity contribution in [3.8, 4) is 17.3 Å². The maximum atomic E-state index is 12.3. The van der Waals surface area contributed by atoms with E-state index >= 15 is 0 Å². The van der Waals surface area contributed by atoms with E-state index in [2.05, 4.69) is 10.3 Å². The molecule has 0 saturated carbocycles. The quantitative estimate of drug-likeness (QED) is 0.214. The summed E-state index contributed by atoms with van der Waals surface area (Å²) in [5.41, 5.74) is 0.956. The van der Waals surface area contributed by atoms with Crippen molar-refractivity contribution in [2.45, 2.75) is 0 Å². The molecule has 0 spiro atoms. The first kappa shape index (κ1) is 19.0. The van der Waals surface area contributed by atoms with Crippen LogP contribution in [0.4, 0.5) is 11.4 Å². The normalized spacial score (nSPS) is 11.2. The topological polar surface area (TPSA) is 122 Å². The van der Waals surface area contributed by atoms with Crippen LogP contribution in [0.2, 0.25) is 0 Å². The van der Waals surface area contributed by atoms with E-state index in [1.807, 2.05) is 18.2 Å². The van der Waals surface area contributed by atoms with Crippen molar-refractivity contribution in [2.24, 2.45) is 0 Å². The van der Waals surface area contributed by atoms with Gasteiger partial charge in [-0.25, -0.2) is 9.78 Å². The molecular weight excluding hydrogens is 404 g/mol. The first-order valence-corrected chi connectivity index (χ1v) is 9.54. The predicted molar refractivity (Wildman–Crippen MR) is 114 cm³/mol. The standard InChI is InChI=1S/C21H12N4O4S/c22-10-14(11-23-16-6-2-3-7-18(16)25(27)28)20-24-17(12-30-20)15-9-13-5-1-4-8-19(13)29-21(15)26/h1-9,11-12,23H. The van der Waals surface area contributed by atoms with Gasteiger partial charge in [0.25, 0.3) is 5.69 Å². The summed E-state index contributed by atoms with van der Waals surface area (Å²) in [5, 5.41) is 26.2.